The van der Waals surface area contributed by atoms with E-state index in [4.69, 9.17) is 20.9 Å². The number of rotatable bonds is 5. The fourth-order valence-electron chi connectivity index (χ4n) is 2.47. The zero-order valence-electron chi connectivity index (χ0n) is 14.8. The molecule has 0 bridgehead atoms. The molecule has 1 amide bonds. The highest BCUT2D eigenvalue weighted by molar-refractivity contribution is 6.31. The molecule has 134 valence electrons. The van der Waals surface area contributed by atoms with Crippen LogP contribution in [-0.2, 0) is 6.61 Å². The van der Waals surface area contributed by atoms with Crippen LogP contribution in [0.25, 0.3) is 0 Å². The van der Waals surface area contributed by atoms with E-state index in [9.17, 15) is 4.79 Å². The van der Waals surface area contributed by atoms with E-state index in [2.05, 4.69) is 10.5 Å². The third-order valence-corrected chi connectivity index (χ3v) is 4.50. The van der Waals surface area contributed by atoms with Crippen LogP contribution in [0.2, 0.25) is 5.02 Å². The standard InChI is InChI=1S/C20H19ClN2O3/c1-12-8-9-15(10-17(12)21)22-20(24)19-16(14(3)26-23-19)11-25-18-7-5-4-6-13(18)2/h4-10H,11H2,1-3H3,(H,22,24). The summed E-state index contributed by atoms with van der Waals surface area (Å²) >= 11 is 6.11. The van der Waals surface area contributed by atoms with Gasteiger partial charge >= 0.3 is 0 Å². The Kier molecular flexibility index (Phi) is 5.28. The van der Waals surface area contributed by atoms with Crippen LogP contribution in [0.3, 0.4) is 0 Å². The molecule has 0 spiro atoms. The third kappa shape index (κ3) is 3.89. The van der Waals surface area contributed by atoms with Gasteiger partial charge in [0, 0.05) is 10.7 Å². The lowest BCUT2D eigenvalue weighted by molar-refractivity contribution is 0.101. The van der Waals surface area contributed by atoms with Crippen LogP contribution in [-0.4, -0.2) is 11.1 Å². The maximum absolute atomic E-state index is 12.6. The number of nitrogens with one attached hydrogen (secondary N) is 1. The second-order valence-corrected chi connectivity index (χ2v) is 6.45. The maximum Gasteiger partial charge on any atom is 0.278 e. The Morgan fingerprint density at radius 2 is 1.92 bits per heavy atom. The second-order valence-electron chi connectivity index (χ2n) is 6.04. The number of amides is 1. The van der Waals surface area contributed by atoms with Crippen molar-refractivity contribution in [3.8, 4) is 5.75 Å². The van der Waals surface area contributed by atoms with Crippen molar-refractivity contribution < 1.29 is 14.1 Å². The van der Waals surface area contributed by atoms with Gasteiger partial charge in [-0.3, -0.25) is 4.79 Å². The summed E-state index contributed by atoms with van der Waals surface area (Å²) in [7, 11) is 0. The first-order chi connectivity index (χ1) is 12.5. The first kappa shape index (κ1) is 18.0. The normalized spacial score (nSPS) is 10.6. The van der Waals surface area contributed by atoms with Gasteiger partial charge in [0.05, 0.1) is 5.56 Å². The molecule has 26 heavy (non-hydrogen) atoms. The minimum Gasteiger partial charge on any atom is -0.488 e. The number of aryl methyl sites for hydroxylation is 3. The van der Waals surface area contributed by atoms with Gasteiger partial charge in [-0.25, -0.2) is 0 Å². The van der Waals surface area contributed by atoms with Crippen molar-refractivity contribution >= 4 is 23.2 Å². The molecule has 3 aromatic rings. The van der Waals surface area contributed by atoms with Gasteiger partial charge in [-0.15, -0.1) is 0 Å². The predicted octanol–water partition coefficient (Wildman–Crippen LogP) is 5.08. The summed E-state index contributed by atoms with van der Waals surface area (Å²) in [6.07, 6.45) is 0. The molecule has 0 aliphatic rings. The molecule has 0 aliphatic carbocycles. The average Bonchev–Trinajstić information content (AvgIpc) is 2.98. The Labute approximate surface area is 156 Å². The molecule has 0 saturated heterocycles. The number of benzene rings is 2. The molecule has 1 aromatic heterocycles. The van der Waals surface area contributed by atoms with Crippen molar-refractivity contribution in [1.82, 2.24) is 5.16 Å². The number of hydrogen-bond acceptors (Lipinski definition) is 4. The summed E-state index contributed by atoms with van der Waals surface area (Å²) in [5, 5.41) is 7.26. The zero-order chi connectivity index (χ0) is 18.7. The SMILES string of the molecule is Cc1ccc(NC(=O)c2noc(C)c2COc2ccccc2C)cc1Cl. The number of aromatic nitrogens is 1. The second kappa shape index (κ2) is 7.62. The zero-order valence-corrected chi connectivity index (χ0v) is 15.6. The van der Waals surface area contributed by atoms with Gasteiger partial charge < -0.3 is 14.6 Å². The summed E-state index contributed by atoms with van der Waals surface area (Å²) in [4.78, 5) is 12.6. The monoisotopic (exact) mass is 370 g/mol. The number of carbonyl (C=O) groups is 1. The number of halogens is 1. The number of para-hydroxylation sites is 1. The van der Waals surface area contributed by atoms with E-state index < -0.39 is 0 Å². The molecule has 0 unspecified atom stereocenters. The van der Waals surface area contributed by atoms with Crippen molar-refractivity contribution in [2.24, 2.45) is 0 Å². The van der Waals surface area contributed by atoms with Gasteiger partial charge in [-0.2, -0.15) is 0 Å². The summed E-state index contributed by atoms with van der Waals surface area (Å²) in [6, 6.07) is 13.0. The quantitative estimate of drug-likeness (QED) is 0.679. The number of nitrogens with zero attached hydrogens (tertiary/aromatic N) is 1. The van der Waals surface area contributed by atoms with Crippen LogP contribution in [0, 0.1) is 20.8 Å². The van der Waals surface area contributed by atoms with Crippen molar-refractivity contribution in [2.45, 2.75) is 27.4 Å². The van der Waals surface area contributed by atoms with Crippen LogP contribution in [0.1, 0.15) is 32.9 Å². The number of ether oxygens (including phenoxy) is 1. The average molecular weight is 371 g/mol. The van der Waals surface area contributed by atoms with E-state index in [1.54, 1.807) is 19.1 Å². The Balaban J connectivity index is 1.77. The van der Waals surface area contributed by atoms with Gasteiger partial charge in [0.2, 0.25) is 0 Å². The third-order valence-electron chi connectivity index (χ3n) is 4.10. The van der Waals surface area contributed by atoms with Crippen LogP contribution >= 0.6 is 11.6 Å². The van der Waals surface area contributed by atoms with E-state index in [0.29, 0.717) is 22.0 Å². The molecule has 0 radical (unpaired) electrons. The summed E-state index contributed by atoms with van der Waals surface area (Å²) in [5.74, 6) is 0.931. The summed E-state index contributed by atoms with van der Waals surface area (Å²) in [5.41, 5.74) is 3.37. The molecule has 6 heteroatoms. The number of hydrogen-bond donors (Lipinski definition) is 1. The van der Waals surface area contributed by atoms with E-state index in [1.165, 1.54) is 0 Å². The number of anilines is 1. The van der Waals surface area contributed by atoms with Gasteiger partial charge in [0.15, 0.2) is 5.69 Å². The predicted molar refractivity (Wildman–Crippen MR) is 101 cm³/mol. The van der Waals surface area contributed by atoms with Crippen molar-refractivity contribution in [3.63, 3.8) is 0 Å². The van der Waals surface area contributed by atoms with Gasteiger partial charge in [0.1, 0.15) is 18.1 Å². The van der Waals surface area contributed by atoms with Crippen LogP contribution in [0.15, 0.2) is 47.0 Å². The molecule has 0 fully saturated rings. The van der Waals surface area contributed by atoms with Crippen LogP contribution in [0.5, 0.6) is 5.75 Å². The molecule has 3 rings (SSSR count). The van der Waals surface area contributed by atoms with E-state index in [-0.39, 0.29) is 18.2 Å². The first-order valence-corrected chi connectivity index (χ1v) is 8.54. The molecule has 1 heterocycles. The molecule has 0 aliphatic heterocycles. The van der Waals surface area contributed by atoms with Crippen molar-refractivity contribution in [1.29, 1.82) is 0 Å². The maximum atomic E-state index is 12.6. The highest BCUT2D eigenvalue weighted by atomic mass is 35.5. The number of carbonyl (C=O) groups excluding carboxylic acids is 1. The molecular weight excluding hydrogens is 352 g/mol. The Bertz CT molecular complexity index is 950. The highest BCUT2D eigenvalue weighted by Gasteiger charge is 2.21. The van der Waals surface area contributed by atoms with Crippen molar-refractivity contribution in [2.75, 3.05) is 5.32 Å². The van der Waals surface area contributed by atoms with E-state index in [0.717, 1.165) is 16.9 Å². The minimum absolute atomic E-state index is 0.192. The summed E-state index contributed by atoms with van der Waals surface area (Å²) < 4.78 is 11.0. The first-order valence-electron chi connectivity index (χ1n) is 8.17. The lowest BCUT2D eigenvalue weighted by atomic mass is 10.1. The smallest absolute Gasteiger partial charge is 0.278 e. The topological polar surface area (TPSA) is 64.4 Å². The fourth-order valence-corrected chi connectivity index (χ4v) is 2.65. The van der Waals surface area contributed by atoms with Gasteiger partial charge in [0.25, 0.3) is 5.91 Å². The molecule has 5 nitrogen and oxygen atoms in total. The van der Waals surface area contributed by atoms with Crippen LogP contribution < -0.4 is 10.1 Å². The lowest BCUT2D eigenvalue weighted by Crippen LogP contribution is -2.15. The highest BCUT2D eigenvalue weighted by Crippen LogP contribution is 2.23. The summed E-state index contributed by atoms with van der Waals surface area (Å²) in [6.45, 7) is 5.81. The molecule has 0 atom stereocenters. The minimum atomic E-state index is -0.370. The lowest BCUT2D eigenvalue weighted by Gasteiger charge is -2.09. The fraction of sp³-hybridized carbons (Fsp3) is 0.200. The molecule has 0 saturated carbocycles. The Morgan fingerprint density at radius 3 is 2.65 bits per heavy atom. The molecule has 1 N–H and O–H groups in total. The molecule has 2 aromatic carbocycles. The largest absolute Gasteiger partial charge is 0.488 e. The Morgan fingerprint density at radius 1 is 1.15 bits per heavy atom. The van der Waals surface area contributed by atoms with Crippen LogP contribution in [0.4, 0.5) is 5.69 Å². The van der Waals surface area contributed by atoms with Gasteiger partial charge in [-0.1, -0.05) is 41.0 Å². The molecular formula is C20H19ClN2O3. The van der Waals surface area contributed by atoms with E-state index >= 15 is 0 Å². The Hall–Kier alpha value is -2.79. The van der Waals surface area contributed by atoms with Crippen molar-refractivity contribution in [3.05, 3.63) is 75.6 Å². The van der Waals surface area contributed by atoms with E-state index in [1.807, 2.05) is 44.2 Å². The van der Waals surface area contributed by atoms with Gasteiger partial charge in [-0.05, 0) is 50.1 Å².